The summed E-state index contributed by atoms with van der Waals surface area (Å²) in [4.78, 5) is 17.6. The van der Waals surface area contributed by atoms with Crippen LogP contribution < -0.4 is 0 Å². The van der Waals surface area contributed by atoms with E-state index in [0.29, 0.717) is 6.29 Å². The molecule has 0 aliphatic carbocycles. The highest BCUT2D eigenvalue weighted by Crippen LogP contribution is 2.30. The number of aromatic nitrogens is 2. The number of hydrogen-bond donors (Lipinski definition) is 0. The maximum absolute atomic E-state index is 13.4. The van der Waals surface area contributed by atoms with Crippen molar-refractivity contribution in [1.29, 1.82) is 0 Å². The highest BCUT2D eigenvalue weighted by Gasteiger charge is 2.31. The van der Waals surface area contributed by atoms with Gasteiger partial charge in [-0.3, -0.25) is 4.79 Å². The van der Waals surface area contributed by atoms with Crippen molar-refractivity contribution in [2.24, 2.45) is 0 Å². The van der Waals surface area contributed by atoms with Gasteiger partial charge in [0.15, 0.2) is 6.29 Å². The maximum Gasteiger partial charge on any atom is 0.381 e. The molecule has 0 bridgehead atoms. The molecule has 7 heteroatoms. The van der Waals surface area contributed by atoms with Crippen LogP contribution in [0.15, 0.2) is 30.6 Å². The average molecular weight is 287 g/mol. The van der Waals surface area contributed by atoms with Gasteiger partial charge in [-0.1, -0.05) is 12.1 Å². The van der Waals surface area contributed by atoms with Crippen molar-refractivity contribution in [2.75, 3.05) is 0 Å². The number of aldehydes is 1. The molecule has 1 aromatic heterocycles. The van der Waals surface area contributed by atoms with E-state index in [1.54, 1.807) is 0 Å². The molecule has 2 rings (SSSR count). The normalized spacial score (nSPS) is 11.4. The Morgan fingerprint density at radius 1 is 1.21 bits per heavy atom. The summed E-state index contributed by atoms with van der Waals surface area (Å²) in [6, 6.07) is 3.97. The number of rotatable bonds is 3. The van der Waals surface area contributed by atoms with Crippen molar-refractivity contribution in [1.82, 2.24) is 9.97 Å². The molecule has 98 valence electrons. The van der Waals surface area contributed by atoms with Gasteiger partial charge >= 0.3 is 5.38 Å². The fourth-order valence-corrected chi connectivity index (χ4v) is 1.62. The fraction of sp³-hybridized carbons (Fsp3) is 0.0833. The molecule has 2 aromatic rings. The molecule has 19 heavy (non-hydrogen) atoms. The smallest absolute Gasteiger partial charge is 0.298 e. The maximum atomic E-state index is 13.4. The van der Waals surface area contributed by atoms with E-state index in [-0.39, 0.29) is 16.7 Å². The third-order valence-electron chi connectivity index (χ3n) is 2.39. The van der Waals surface area contributed by atoms with Gasteiger partial charge in [-0.25, -0.2) is 14.4 Å². The lowest BCUT2D eigenvalue weighted by atomic mass is 10.0. The van der Waals surface area contributed by atoms with Gasteiger partial charge in [0.1, 0.15) is 5.82 Å². The number of carbonyl (C=O) groups excluding carboxylic acids is 1. The fourth-order valence-electron chi connectivity index (χ4n) is 1.52. The second-order valence-electron chi connectivity index (χ2n) is 3.61. The minimum atomic E-state index is -3.67. The standard InChI is InChI=1S/C12H6ClF3N2O/c13-12(15,16)11-17-4-7(5-18-11)8-2-1-3-10(14)9(8)6-19/h1-6H. The zero-order chi connectivity index (χ0) is 14.0. The van der Waals surface area contributed by atoms with Crippen LogP contribution in [0.5, 0.6) is 0 Å². The molecule has 0 radical (unpaired) electrons. The summed E-state index contributed by atoms with van der Waals surface area (Å²) in [7, 11) is 0. The van der Waals surface area contributed by atoms with E-state index in [1.165, 1.54) is 12.1 Å². The lowest BCUT2D eigenvalue weighted by Gasteiger charge is -2.08. The minimum Gasteiger partial charge on any atom is -0.298 e. The predicted octanol–water partition coefficient (Wildman–Crippen LogP) is 3.38. The molecule has 1 aromatic carbocycles. The van der Waals surface area contributed by atoms with E-state index in [2.05, 4.69) is 9.97 Å². The third-order valence-corrected chi connectivity index (χ3v) is 2.56. The van der Waals surface area contributed by atoms with Gasteiger partial charge in [0.05, 0.1) is 5.56 Å². The Labute approximate surface area is 111 Å². The Kier molecular flexibility index (Phi) is 3.53. The van der Waals surface area contributed by atoms with Crippen molar-refractivity contribution in [3.05, 3.63) is 47.8 Å². The first-order valence-corrected chi connectivity index (χ1v) is 5.44. The lowest BCUT2D eigenvalue weighted by Crippen LogP contribution is -2.09. The number of nitrogens with zero attached hydrogens (tertiary/aromatic N) is 2. The SMILES string of the molecule is O=Cc1c(F)cccc1-c1cnc(C(F)(F)Cl)nc1. The topological polar surface area (TPSA) is 42.9 Å². The van der Waals surface area contributed by atoms with Crippen LogP contribution >= 0.6 is 11.6 Å². The van der Waals surface area contributed by atoms with Crippen LogP contribution in [0, 0.1) is 5.82 Å². The molecular formula is C12H6ClF3N2O. The van der Waals surface area contributed by atoms with Crippen LogP contribution in [-0.2, 0) is 5.38 Å². The van der Waals surface area contributed by atoms with Gasteiger partial charge < -0.3 is 0 Å². The average Bonchev–Trinajstić information content (AvgIpc) is 2.37. The molecule has 0 amide bonds. The quantitative estimate of drug-likeness (QED) is 0.642. The van der Waals surface area contributed by atoms with Gasteiger partial charge in [-0.15, -0.1) is 0 Å². The van der Waals surface area contributed by atoms with Crippen LogP contribution in [0.2, 0.25) is 0 Å². The zero-order valence-electron chi connectivity index (χ0n) is 9.28. The van der Waals surface area contributed by atoms with E-state index < -0.39 is 17.0 Å². The van der Waals surface area contributed by atoms with E-state index in [4.69, 9.17) is 11.6 Å². The van der Waals surface area contributed by atoms with Crippen molar-refractivity contribution in [3.8, 4) is 11.1 Å². The first-order valence-electron chi connectivity index (χ1n) is 5.07. The van der Waals surface area contributed by atoms with Gasteiger partial charge in [0.2, 0.25) is 5.82 Å². The minimum absolute atomic E-state index is 0.184. The summed E-state index contributed by atoms with van der Waals surface area (Å²) in [6.07, 6.45) is 2.45. The Balaban J connectivity index is 2.49. The highest BCUT2D eigenvalue weighted by molar-refractivity contribution is 6.21. The second kappa shape index (κ2) is 4.97. The van der Waals surface area contributed by atoms with E-state index in [0.717, 1.165) is 18.5 Å². The van der Waals surface area contributed by atoms with Gasteiger partial charge in [-0.2, -0.15) is 8.78 Å². The van der Waals surface area contributed by atoms with Crippen LogP contribution in [0.3, 0.4) is 0 Å². The van der Waals surface area contributed by atoms with Crippen molar-refractivity contribution >= 4 is 17.9 Å². The van der Waals surface area contributed by atoms with Gasteiger partial charge in [0, 0.05) is 18.0 Å². The van der Waals surface area contributed by atoms with E-state index >= 15 is 0 Å². The van der Waals surface area contributed by atoms with Crippen LogP contribution in [0.1, 0.15) is 16.2 Å². The van der Waals surface area contributed by atoms with E-state index in [9.17, 15) is 18.0 Å². The molecule has 0 unspecified atom stereocenters. The molecular weight excluding hydrogens is 281 g/mol. The van der Waals surface area contributed by atoms with Crippen molar-refractivity contribution < 1.29 is 18.0 Å². The number of carbonyl (C=O) groups is 1. The second-order valence-corrected chi connectivity index (χ2v) is 4.09. The Bertz CT molecular complexity index is 611. The molecule has 0 saturated carbocycles. The first-order chi connectivity index (χ1) is 8.93. The number of halogens is 4. The largest absolute Gasteiger partial charge is 0.381 e. The summed E-state index contributed by atoms with van der Waals surface area (Å²) >= 11 is 4.77. The molecule has 0 saturated heterocycles. The number of benzene rings is 1. The highest BCUT2D eigenvalue weighted by atomic mass is 35.5. The van der Waals surface area contributed by atoms with Crippen molar-refractivity contribution in [2.45, 2.75) is 5.38 Å². The van der Waals surface area contributed by atoms with E-state index in [1.807, 2.05) is 0 Å². The Hall–Kier alpha value is -1.95. The molecule has 3 nitrogen and oxygen atoms in total. The van der Waals surface area contributed by atoms with Crippen LogP contribution in [-0.4, -0.2) is 16.3 Å². The Morgan fingerprint density at radius 3 is 2.37 bits per heavy atom. The molecule has 0 atom stereocenters. The zero-order valence-corrected chi connectivity index (χ0v) is 10.0. The van der Waals surface area contributed by atoms with Gasteiger partial charge in [-0.05, 0) is 23.2 Å². The summed E-state index contributed by atoms with van der Waals surface area (Å²) in [6.45, 7) is 0. The lowest BCUT2D eigenvalue weighted by molar-refractivity contribution is 0.0844. The molecule has 0 aliphatic rings. The summed E-state index contributed by atoms with van der Waals surface area (Å²) in [5.41, 5.74) is 0.280. The third kappa shape index (κ3) is 2.73. The number of hydrogen-bond acceptors (Lipinski definition) is 3. The molecule has 0 spiro atoms. The summed E-state index contributed by atoms with van der Waals surface area (Å²) < 4.78 is 38.8. The summed E-state index contributed by atoms with van der Waals surface area (Å²) in [5.74, 6) is -1.57. The Morgan fingerprint density at radius 2 is 1.84 bits per heavy atom. The predicted molar refractivity (Wildman–Crippen MR) is 62.6 cm³/mol. The number of alkyl halides is 3. The summed E-state index contributed by atoms with van der Waals surface area (Å²) in [5, 5.41) is -3.67. The van der Waals surface area contributed by atoms with Crippen LogP contribution in [0.4, 0.5) is 13.2 Å². The first kappa shape index (κ1) is 13.5. The van der Waals surface area contributed by atoms with Crippen molar-refractivity contribution in [3.63, 3.8) is 0 Å². The molecule has 0 aliphatic heterocycles. The van der Waals surface area contributed by atoms with Crippen LogP contribution in [0.25, 0.3) is 11.1 Å². The molecule has 1 heterocycles. The molecule has 0 N–H and O–H groups in total. The monoisotopic (exact) mass is 286 g/mol. The van der Waals surface area contributed by atoms with Gasteiger partial charge in [0.25, 0.3) is 0 Å². The molecule has 0 fully saturated rings.